The lowest BCUT2D eigenvalue weighted by molar-refractivity contribution is -0.169. The molecule has 7 nitrogen and oxygen atoms in total. The minimum atomic E-state index is -1.14. The molecule has 2 rings (SSSR count). The summed E-state index contributed by atoms with van der Waals surface area (Å²) in [5, 5.41) is 9.53. The van der Waals surface area contributed by atoms with Crippen LogP contribution in [0.4, 0.5) is 0 Å². The highest BCUT2D eigenvalue weighted by molar-refractivity contribution is 5.85. The second-order valence-electron chi connectivity index (χ2n) is 5.99. The molecule has 3 unspecified atom stereocenters. The predicted octanol–water partition coefficient (Wildman–Crippen LogP) is 1.47. The van der Waals surface area contributed by atoms with Crippen LogP contribution >= 0.6 is 0 Å². The van der Waals surface area contributed by atoms with Crippen molar-refractivity contribution in [3.8, 4) is 0 Å². The number of rotatable bonds is 9. The third-order valence-corrected chi connectivity index (χ3v) is 4.37. The first-order valence-corrected chi connectivity index (χ1v) is 7.95. The zero-order valence-electron chi connectivity index (χ0n) is 13.4. The third-order valence-electron chi connectivity index (χ3n) is 4.37. The van der Waals surface area contributed by atoms with Crippen molar-refractivity contribution in [2.24, 2.45) is 11.3 Å². The Kier molecular flexibility index (Phi) is 6.14. The van der Waals surface area contributed by atoms with Crippen LogP contribution in [0.25, 0.3) is 0 Å². The van der Waals surface area contributed by atoms with E-state index < -0.39 is 29.2 Å². The van der Waals surface area contributed by atoms with Crippen LogP contribution in [-0.4, -0.2) is 48.9 Å². The van der Waals surface area contributed by atoms with Gasteiger partial charge in [-0.1, -0.05) is 18.7 Å². The zero-order chi connectivity index (χ0) is 17.6. The van der Waals surface area contributed by atoms with E-state index in [1.165, 1.54) is 0 Å². The van der Waals surface area contributed by atoms with E-state index in [4.69, 9.17) is 14.2 Å². The van der Waals surface area contributed by atoms with Crippen LogP contribution in [0, 0.1) is 11.3 Å². The highest BCUT2D eigenvalue weighted by Crippen LogP contribution is 2.43. The maximum atomic E-state index is 12.7. The Morgan fingerprint density at radius 2 is 2.08 bits per heavy atom. The van der Waals surface area contributed by atoms with Crippen LogP contribution in [0.5, 0.6) is 0 Å². The number of carbonyl (C=O) groups excluding carboxylic acids is 2. The number of carboxylic acid groups (broad SMARTS) is 1. The summed E-state index contributed by atoms with van der Waals surface area (Å²) in [5.41, 5.74) is -1.14. The number of carboxylic acids is 1. The van der Waals surface area contributed by atoms with Crippen LogP contribution in [0.3, 0.4) is 0 Å². The number of epoxide rings is 1. The molecule has 0 saturated carbocycles. The van der Waals surface area contributed by atoms with E-state index in [2.05, 4.69) is 6.58 Å². The molecular formula is C17H22O7. The Labute approximate surface area is 140 Å². The van der Waals surface area contributed by atoms with Gasteiger partial charge in [-0.15, -0.1) is 0 Å². The highest BCUT2D eigenvalue weighted by Gasteiger charge is 2.50. The second kappa shape index (κ2) is 8.10. The lowest BCUT2D eigenvalue weighted by atomic mass is 9.66. The van der Waals surface area contributed by atoms with Gasteiger partial charge in [-0.2, -0.15) is 0 Å². The molecule has 1 aliphatic carbocycles. The van der Waals surface area contributed by atoms with Gasteiger partial charge in [0.05, 0.1) is 24.5 Å². The van der Waals surface area contributed by atoms with E-state index in [0.29, 0.717) is 19.4 Å². The molecule has 132 valence electrons. The van der Waals surface area contributed by atoms with Crippen molar-refractivity contribution in [2.75, 3.05) is 19.8 Å². The van der Waals surface area contributed by atoms with Gasteiger partial charge in [0.25, 0.3) is 0 Å². The molecule has 0 bridgehead atoms. The summed E-state index contributed by atoms with van der Waals surface area (Å²) in [6.45, 7) is 4.10. The van der Waals surface area contributed by atoms with E-state index in [9.17, 15) is 19.5 Å². The highest BCUT2D eigenvalue weighted by atomic mass is 16.6. The topological polar surface area (TPSA) is 102 Å². The predicted molar refractivity (Wildman–Crippen MR) is 83.0 cm³/mol. The maximum Gasteiger partial charge on any atom is 0.330 e. The van der Waals surface area contributed by atoms with Crippen molar-refractivity contribution >= 4 is 17.9 Å². The molecule has 2 aliphatic rings. The average molecular weight is 338 g/mol. The number of hydrogen-bond acceptors (Lipinski definition) is 6. The summed E-state index contributed by atoms with van der Waals surface area (Å²) in [6, 6.07) is 0. The third kappa shape index (κ3) is 4.44. The Hall–Kier alpha value is -2.15. The lowest BCUT2D eigenvalue weighted by Gasteiger charge is -2.37. The fourth-order valence-electron chi connectivity index (χ4n) is 2.93. The summed E-state index contributed by atoms with van der Waals surface area (Å²) in [4.78, 5) is 35.4. The van der Waals surface area contributed by atoms with E-state index in [0.717, 1.165) is 6.08 Å². The van der Waals surface area contributed by atoms with Crippen molar-refractivity contribution in [3.63, 3.8) is 0 Å². The summed E-state index contributed by atoms with van der Waals surface area (Å²) in [6.07, 6.45) is 5.76. The quantitative estimate of drug-likeness (QED) is 0.223. The van der Waals surface area contributed by atoms with Crippen molar-refractivity contribution in [1.82, 2.24) is 0 Å². The number of aliphatic carboxylic acids is 1. The van der Waals surface area contributed by atoms with E-state index in [-0.39, 0.29) is 32.2 Å². The number of carbonyl (C=O) groups is 3. The first-order chi connectivity index (χ1) is 11.5. The number of allylic oxidation sites excluding steroid dienone is 2. The molecule has 1 N–H and O–H groups in total. The maximum absolute atomic E-state index is 12.7. The summed E-state index contributed by atoms with van der Waals surface area (Å²) in [5.74, 6) is -2.95. The molecule has 0 radical (unpaired) electrons. The summed E-state index contributed by atoms with van der Waals surface area (Å²) >= 11 is 0. The van der Waals surface area contributed by atoms with Crippen LogP contribution in [-0.2, 0) is 28.6 Å². The van der Waals surface area contributed by atoms with Crippen molar-refractivity contribution < 1.29 is 33.7 Å². The van der Waals surface area contributed by atoms with Gasteiger partial charge >= 0.3 is 17.9 Å². The van der Waals surface area contributed by atoms with Gasteiger partial charge in [0, 0.05) is 6.08 Å². The first-order valence-electron chi connectivity index (χ1n) is 7.95. The van der Waals surface area contributed by atoms with Crippen molar-refractivity contribution in [1.29, 1.82) is 0 Å². The van der Waals surface area contributed by atoms with Crippen molar-refractivity contribution in [2.45, 2.75) is 31.8 Å². The minimum Gasteiger partial charge on any atom is -0.481 e. The van der Waals surface area contributed by atoms with E-state index >= 15 is 0 Å². The SMILES string of the molecule is C=CC(=O)OCCCC1(C(=O)OCC2CO2)CC=CCC1C(=O)O. The number of ether oxygens (including phenoxy) is 3. The lowest BCUT2D eigenvalue weighted by Crippen LogP contribution is -2.45. The van der Waals surface area contributed by atoms with Gasteiger partial charge in [-0.3, -0.25) is 9.59 Å². The zero-order valence-corrected chi connectivity index (χ0v) is 13.4. The molecule has 0 aromatic heterocycles. The van der Waals surface area contributed by atoms with Crippen molar-refractivity contribution in [3.05, 3.63) is 24.8 Å². The van der Waals surface area contributed by atoms with Gasteiger partial charge in [-0.25, -0.2) is 4.79 Å². The monoisotopic (exact) mass is 338 g/mol. The molecule has 1 fully saturated rings. The number of hydrogen-bond donors (Lipinski definition) is 1. The molecule has 0 amide bonds. The smallest absolute Gasteiger partial charge is 0.330 e. The molecule has 1 heterocycles. The minimum absolute atomic E-state index is 0.0815. The Morgan fingerprint density at radius 1 is 1.33 bits per heavy atom. The molecule has 3 atom stereocenters. The first kappa shape index (κ1) is 18.2. The van der Waals surface area contributed by atoms with Gasteiger partial charge in [0.1, 0.15) is 12.7 Å². The van der Waals surface area contributed by atoms with Crippen LogP contribution in [0.1, 0.15) is 25.7 Å². The average Bonchev–Trinajstić information content (AvgIpc) is 3.40. The largest absolute Gasteiger partial charge is 0.481 e. The van der Waals surface area contributed by atoms with E-state index in [1.807, 2.05) is 6.08 Å². The molecule has 0 aromatic rings. The molecule has 7 heteroatoms. The Balaban J connectivity index is 2.05. The van der Waals surface area contributed by atoms with Crippen LogP contribution in [0.2, 0.25) is 0 Å². The molecule has 24 heavy (non-hydrogen) atoms. The van der Waals surface area contributed by atoms with Gasteiger partial charge in [0.15, 0.2) is 0 Å². The molecule has 1 aliphatic heterocycles. The molecule has 0 spiro atoms. The fraction of sp³-hybridized carbons (Fsp3) is 0.588. The summed E-state index contributed by atoms with van der Waals surface area (Å²) < 4.78 is 15.2. The Morgan fingerprint density at radius 3 is 2.71 bits per heavy atom. The summed E-state index contributed by atoms with van der Waals surface area (Å²) in [7, 11) is 0. The Bertz CT molecular complexity index is 535. The van der Waals surface area contributed by atoms with Crippen LogP contribution < -0.4 is 0 Å². The van der Waals surface area contributed by atoms with Gasteiger partial charge in [-0.05, 0) is 25.7 Å². The van der Waals surface area contributed by atoms with Gasteiger partial charge in [0.2, 0.25) is 0 Å². The second-order valence-corrected chi connectivity index (χ2v) is 5.99. The normalized spacial score (nSPS) is 28.0. The standard InChI is InChI=1S/C17H22O7/c1-2-14(18)22-9-5-8-17(16(21)24-11-12-10-23-12)7-4-3-6-13(17)15(19)20/h2-4,12-13H,1,5-11H2,(H,19,20). The molecule has 0 aromatic carbocycles. The van der Waals surface area contributed by atoms with Crippen LogP contribution in [0.15, 0.2) is 24.8 Å². The fourth-order valence-corrected chi connectivity index (χ4v) is 2.93. The molecule has 1 saturated heterocycles. The number of esters is 2. The van der Waals surface area contributed by atoms with Gasteiger partial charge < -0.3 is 19.3 Å². The molecular weight excluding hydrogens is 316 g/mol. The van der Waals surface area contributed by atoms with E-state index in [1.54, 1.807) is 6.08 Å².